The van der Waals surface area contributed by atoms with Crippen molar-refractivity contribution in [1.29, 1.82) is 0 Å². The molecule has 0 aliphatic rings. The van der Waals surface area contributed by atoms with Crippen molar-refractivity contribution in [3.05, 3.63) is 65.2 Å². The lowest BCUT2D eigenvalue weighted by Crippen LogP contribution is -2.44. The molecule has 4 heteroatoms. The molecular formula is C24H27ClN2O. The van der Waals surface area contributed by atoms with Gasteiger partial charge in [-0.1, -0.05) is 55.8 Å². The molecule has 3 nitrogen and oxygen atoms in total. The fourth-order valence-corrected chi connectivity index (χ4v) is 3.61. The van der Waals surface area contributed by atoms with Gasteiger partial charge in [0.05, 0.1) is 16.8 Å². The molecule has 2 atom stereocenters. The van der Waals surface area contributed by atoms with Crippen molar-refractivity contribution >= 4 is 28.4 Å². The molecule has 2 aromatic carbocycles. The number of para-hydroxylation sites is 1. The van der Waals surface area contributed by atoms with Crippen molar-refractivity contribution < 1.29 is 4.79 Å². The van der Waals surface area contributed by atoms with Crippen molar-refractivity contribution in [3.63, 3.8) is 0 Å². The van der Waals surface area contributed by atoms with Gasteiger partial charge in [0.25, 0.3) is 5.91 Å². The molecule has 0 N–H and O–H groups in total. The minimum Gasteiger partial charge on any atom is -0.333 e. The van der Waals surface area contributed by atoms with E-state index in [0.717, 1.165) is 35.0 Å². The molecule has 28 heavy (non-hydrogen) atoms. The van der Waals surface area contributed by atoms with E-state index >= 15 is 0 Å². The molecule has 1 heterocycles. The topological polar surface area (TPSA) is 33.2 Å². The number of hydrogen-bond donors (Lipinski definition) is 0. The number of nitrogens with zero attached hydrogens (tertiary/aromatic N) is 2. The van der Waals surface area contributed by atoms with Crippen LogP contribution in [0.25, 0.3) is 22.2 Å². The van der Waals surface area contributed by atoms with Gasteiger partial charge in [0, 0.05) is 28.1 Å². The van der Waals surface area contributed by atoms with Crippen LogP contribution in [0.3, 0.4) is 0 Å². The smallest absolute Gasteiger partial charge is 0.255 e. The Labute approximate surface area is 172 Å². The summed E-state index contributed by atoms with van der Waals surface area (Å²) in [6.07, 6.45) is 1.84. The second-order valence-corrected chi connectivity index (χ2v) is 7.74. The van der Waals surface area contributed by atoms with Crippen LogP contribution < -0.4 is 0 Å². The van der Waals surface area contributed by atoms with Crippen LogP contribution in [0.4, 0.5) is 0 Å². The van der Waals surface area contributed by atoms with Crippen LogP contribution in [0.5, 0.6) is 0 Å². The zero-order valence-electron chi connectivity index (χ0n) is 16.9. The molecule has 1 amide bonds. The van der Waals surface area contributed by atoms with Gasteiger partial charge in [0.15, 0.2) is 0 Å². The van der Waals surface area contributed by atoms with E-state index in [-0.39, 0.29) is 18.0 Å². The number of amides is 1. The first-order valence-corrected chi connectivity index (χ1v) is 10.3. The predicted octanol–water partition coefficient (Wildman–Crippen LogP) is 6.59. The van der Waals surface area contributed by atoms with E-state index in [1.807, 2.05) is 59.5 Å². The Kier molecular flexibility index (Phi) is 6.35. The van der Waals surface area contributed by atoms with Gasteiger partial charge in [-0.25, -0.2) is 4.98 Å². The normalized spacial score (nSPS) is 13.3. The summed E-state index contributed by atoms with van der Waals surface area (Å²) in [6, 6.07) is 17.7. The first-order valence-electron chi connectivity index (χ1n) is 9.94. The Morgan fingerprint density at radius 1 is 1.00 bits per heavy atom. The van der Waals surface area contributed by atoms with Crippen molar-refractivity contribution in [2.75, 3.05) is 0 Å². The second-order valence-electron chi connectivity index (χ2n) is 7.31. The molecular weight excluding hydrogens is 368 g/mol. The molecule has 0 saturated carbocycles. The van der Waals surface area contributed by atoms with E-state index in [1.54, 1.807) is 0 Å². The third kappa shape index (κ3) is 4.05. The van der Waals surface area contributed by atoms with Crippen LogP contribution in [0.2, 0.25) is 5.02 Å². The summed E-state index contributed by atoms with van der Waals surface area (Å²) >= 11 is 6.04. The number of fused-ring (bicyclic) bond motifs is 1. The summed E-state index contributed by atoms with van der Waals surface area (Å²) in [5.41, 5.74) is 3.26. The number of hydrogen-bond acceptors (Lipinski definition) is 2. The van der Waals surface area contributed by atoms with Crippen LogP contribution in [-0.4, -0.2) is 27.9 Å². The molecule has 0 unspecified atom stereocenters. The van der Waals surface area contributed by atoms with Gasteiger partial charge in [-0.3, -0.25) is 4.79 Å². The third-order valence-electron chi connectivity index (χ3n) is 5.45. The highest BCUT2D eigenvalue weighted by atomic mass is 35.5. The Hall–Kier alpha value is -2.39. The fourth-order valence-electron chi connectivity index (χ4n) is 3.49. The lowest BCUT2D eigenvalue weighted by molar-refractivity contribution is 0.0600. The molecule has 0 radical (unpaired) electrons. The zero-order valence-corrected chi connectivity index (χ0v) is 17.7. The SMILES string of the molecule is CC[C@H](C)N(C(=O)c1cc(-c2ccc(Cl)cc2)nc2ccccc12)[C@@H](C)CC. The summed E-state index contributed by atoms with van der Waals surface area (Å²) in [5.74, 6) is 0.0671. The van der Waals surface area contributed by atoms with E-state index in [1.165, 1.54) is 0 Å². The second kappa shape index (κ2) is 8.74. The van der Waals surface area contributed by atoms with Crippen LogP contribution in [0.1, 0.15) is 50.9 Å². The largest absolute Gasteiger partial charge is 0.333 e. The minimum absolute atomic E-state index is 0.0671. The molecule has 146 valence electrons. The number of pyridine rings is 1. The highest BCUT2D eigenvalue weighted by Gasteiger charge is 2.26. The van der Waals surface area contributed by atoms with Crippen molar-refractivity contribution in [1.82, 2.24) is 9.88 Å². The van der Waals surface area contributed by atoms with Gasteiger partial charge in [0.2, 0.25) is 0 Å². The fraction of sp³-hybridized carbons (Fsp3) is 0.333. The van der Waals surface area contributed by atoms with Crippen LogP contribution in [-0.2, 0) is 0 Å². The third-order valence-corrected chi connectivity index (χ3v) is 5.70. The van der Waals surface area contributed by atoms with Gasteiger partial charge >= 0.3 is 0 Å². The minimum atomic E-state index is 0.0671. The van der Waals surface area contributed by atoms with E-state index in [4.69, 9.17) is 16.6 Å². The van der Waals surface area contributed by atoms with Crippen LogP contribution in [0, 0.1) is 0 Å². The number of carbonyl (C=O) groups excluding carboxylic acids is 1. The van der Waals surface area contributed by atoms with Gasteiger partial charge in [-0.2, -0.15) is 0 Å². The first-order chi connectivity index (χ1) is 13.5. The molecule has 0 spiro atoms. The number of aromatic nitrogens is 1. The standard InChI is InChI=1S/C24H27ClN2O/c1-5-16(3)27(17(4)6-2)24(28)21-15-23(18-11-13-19(25)14-12-18)26-22-10-8-7-9-20(21)22/h7-17H,5-6H2,1-4H3/t16-,17-/m0/s1. The van der Waals surface area contributed by atoms with Gasteiger partial charge < -0.3 is 4.90 Å². The van der Waals surface area contributed by atoms with Crippen molar-refractivity contribution in [2.45, 2.75) is 52.6 Å². The Morgan fingerprint density at radius 2 is 1.61 bits per heavy atom. The lowest BCUT2D eigenvalue weighted by Gasteiger charge is -2.34. The van der Waals surface area contributed by atoms with Gasteiger partial charge in [-0.05, 0) is 51.0 Å². The monoisotopic (exact) mass is 394 g/mol. The molecule has 0 fully saturated rings. The van der Waals surface area contributed by atoms with E-state index in [2.05, 4.69) is 27.7 Å². The average Bonchev–Trinajstić information content (AvgIpc) is 2.73. The molecule has 3 rings (SSSR count). The van der Waals surface area contributed by atoms with Crippen LogP contribution in [0.15, 0.2) is 54.6 Å². The Balaban J connectivity index is 2.18. The highest BCUT2D eigenvalue weighted by molar-refractivity contribution is 6.30. The first kappa shape index (κ1) is 20.3. The lowest BCUT2D eigenvalue weighted by atomic mass is 10.0. The number of halogens is 1. The molecule has 0 aliphatic heterocycles. The Bertz CT molecular complexity index is 958. The maximum atomic E-state index is 13.7. The molecule has 3 aromatic rings. The van der Waals surface area contributed by atoms with E-state index < -0.39 is 0 Å². The predicted molar refractivity (Wildman–Crippen MR) is 118 cm³/mol. The average molecular weight is 395 g/mol. The van der Waals surface area contributed by atoms with E-state index in [0.29, 0.717) is 10.6 Å². The molecule has 0 aliphatic carbocycles. The molecule has 0 bridgehead atoms. The Morgan fingerprint density at radius 3 is 2.21 bits per heavy atom. The quantitative estimate of drug-likeness (QED) is 0.472. The number of rotatable bonds is 6. The number of benzene rings is 2. The van der Waals surface area contributed by atoms with Crippen LogP contribution >= 0.6 is 11.6 Å². The number of carbonyl (C=O) groups is 1. The summed E-state index contributed by atoms with van der Waals surface area (Å²) in [6.45, 7) is 8.48. The highest BCUT2D eigenvalue weighted by Crippen LogP contribution is 2.28. The molecule has 0 saturated heterocycles. The van der Waals surface area contributed by atoms with Crippen molar-refractivity contribution in [2.24, 2.45) is 0 Å². The summed E-state index contributed by atoms with van der Waals surface area (Å²) in [7, 11) is 0. The summed E-state index contributed by atoms with van der Waals surface area (Å²) < 4.78 is 0. The van der Waals surface area contributed by atoms with E-state index in [9.17, 15) is 4.79 Å². The van der Waals surface area contributed by atoms with Gasteiger partial charge in [-0.15, -0.1) is 0 Å². The zero-order chi connectivity index (χ0) is 20.3. The summed E-state index contributed by atoms with van der Waals surface area (Å²) in [5, 5.41) is 1.57. The molecule has 1 aromatic heterocycles. The maximum Gasteiger partial charge on any atom is 0.255 e. The maximum absolute atomic E-state index is 13.7. The van der Waals surface area contributed by atoms with Gasteiger partial charge in [0.1, 0.15) is 0 Å². The summed E-state index contributed by atoms with van der Waals surface area (Å²) in [4.78, 5) is 20.5. The van der Waals surface area contributed by atoms with Crippen molar-refractivity contribution in [3.8, 4) is 11.3 Å².